The molecule has 5 nitrogen and oxygen atoms in total. The first kappa shape index (κ1) is 11.9. The fourth-order valence-electron chi connectivity index (χ4n) is 1.82. The monoisotopic (exact) mass is 272 g/mol. The zero-order valence-electron chi connectivity index (χ0n) is 10.0. The average molecular weight is 272 g/mol. The Hall–Kier alpha value is -2.18. The molecular formula is C13H12N4OS. The molecule has 0 saturated heterocycles. The van der Waals surface area contributed by atoms with E-state index in [1.54, 1.807) is 12.1 Å². The van der Waals surface area contributed by atoms with Crippen LogP contribution in [0.1, 0.15) is 15.9 Å². The minimum Gasteiger partial charge on any atom is -0.326 e. The van der Waals surface area contributed by atoms with Crippen molar-refractivity contribution in [2.24, 2.45) is 5.73 Å². The van der Waals surface area contributed by atoms with Gasteiger partial charge in [-0.1, -0.05) is 12.1 Å². The molecule has 0 unspecified atom stereocenters. The van der Waals surface area contributed by atoms with Gasteiger partial charge in [-0.2, -0.15) is 5.10 Å². The van der Waals surface area contributed by atoms with Gasteiger partial charge in [-0.3, -0.25) is 9.89 Å². The molecule has 0 spiro atoms. The number of H-pyrrole nitrogens is 1. The number of fused-ring (bicyclic) bond motifs is 1. The van der Waals surface area contributed by atoms with E-state index in [9.17, 15) is 4.79 Å². The number of carbonyl (C=O) groups excluding carboxylic acids is 1. The number of nitrogens with two attached hydrogens (primary N) is 1. The first-order valence-corrected chi connectivity index (χ1v) is 6.68. The van der Waals surface area contributed by atoms with Crippen LogP contribution in [0.25, 0.3) is 10.2 Å². The molecule has 1 aromatic carbocycles. The highest BCUT2D eigenvalue weighted by molar-refractivity contribution is 7.16. The van der Waals surface area contributed by atoms with Crippen molar-refractivity contribution in [3.05, 3.63) is 46.8 Å². The Bertz CT molecular complexity index is 714. The number of rotatable bonds is 3. The maximum atomic E-state index is 12.1. The van der Waals surface area contributed by atoms with Gasteiger partial charge < -0.3 is 11.1 Å². The number of hydrogen-bond donors (Lipinski definition) is 3. The number of nitrogens with one attached hydrogen (secondary N) is 2. The van der Waals surface area contributed by atoms with Crippen LogP contribution < -0.4 is 11.1 Å². The molecule has 0 saturated carbocycles. The van der Waals surface area contributed by atoms with Gasteiger partial charge in [0.25, 0.3) is 5.91 Å². The second kappa shape index (κ2) is 4.83. The van der Waals surface area contributed by atoms with Crippen LogP contribution in [-0.4, -0.2) is 16.1 Å². The predicted molar refractivity (Wildman–Crippen MR) is 76.3 cm³/mol. The van der Waals surface area contributed by atoms with Crippen LogP contribution in [0.3, 0.4) is 0 Å². The molecule has 1 amide bonds. The first-order chi connectivity index (χ1) is 9.28. The minimum atomic E-state index is -0.166. The van der Waals surface area contributed by atoms with Crippen LogP contribution in [0.2, 0.25) is 0 Å². The molecule has 0 aliphatic rings. The molecule has 0 fully saturated rings. The van der Waals surface area contributed by atoms with Gasteiger partial charge in [-0.15, -0.1) is 11.3 Å². The van der Waals surface area contributed by atoms with Crippen molar-refractivity contribution in [3.63, 3.8) is 0 Å². The molecule has 0 atom stereocenters. The molecule has 3 rings (SSSR count). The van der Waals surface area contributed by atoms with Crippen LogP contribution in [0, 0.1) is 0 Å². The number of aromatic nitrogens is 2. The Morgan fingerprint density at radius 2 is 2.11 bits per heavy atom. The molecule has 0 bridgehead atoms. The highest BCUT2D eigenvalue weighted by atomic mass is 32.1. The summed E-state index contributed by atoms with van der Waals surface area (Å²) >= 11 is 1.53. The van der Waals surface area contributed by atoms with Gasteiger partial charge in [0.05, 0.1) is 5.39 Å². The third-order valence-corrected chi connectivity index (χ3v) is 3.68. The summed E-state index contributed by atoms with van der Waals surface area (Å²) in [5.74, 6) is 0.462. The van der Waals surface area contributed by atoms with Gasteiger partial charge in [-0.05, 0) is 29.1 Å². The lowest BCUT2D eigenvalue weighted by Gasteiger charge is -2.03. The number of anilines is 1. The van der Waals surface area contributed by atoms with Crippen LogP contribution in [-0.2, 0) is 6.54 Å². The minimum absolute atomic E-state index is 0.166. The number of benzene rings is 1. The van der Waals surface area contributed by atoms with Gasteiger partial charge >= 0.3 is 0 Å². The zero-order chi connectivity index (χ0) is 13.2. The molecule has 96 valence electrons. The van der Waals surface area contributed by atoms with Crippen molar-refractivity contribution in [2.45, 2.75) is 6.54 Å². The van der Waals surface area contributed by atoms with E-state index >= 15 is 0 Å². The van der Waals surface area contributed by atoms with Crippen LogP contribution >= 0.6 is 11.3 Å². The van der Waals surface area contributed by atoms with E-state index in [2.05, 4.69) is 15.5 Å². The summed E-state index contributed by atoms with van der Waals surface area (Å²) in [6, 6.07) is 9.15. The zero-order valence-corrected chi connectivity index (χ0v) is 10.8. The number of hydrogen-bond acceptors (Lipinski definition) is 4. The van der Waals surface area contributed by atoms with Crippen molar-refractivity contribution in [1.82, 2.24) is 10.2 Å². The lowest BCUT2D eigenvalue weighted by Crippen LogP contribution is -2.12. The third kappa shape index (κ3) is 2.23. The van der Waals surface area contributed by atoms with Crippen molar-refractivity contribution in [3.8, 4) is 0 Å². The standard InChI is InChI=1S/C13H12N4OS/c14-7-8-1-3-9(4-2-8)12(18)15-11-10-5-6-19-13(10)17-16-11/h1-6H,7,14H2,(H2,15,16,17,18). The van der Waals surface area contributed by atoms with Gasteiger partial charge in [0.15, 0.2) is 0 Å². The number of amides is 1. The van der Waals surface area contributed by atoms with Crippen LogP contribution in [0.15, 0.2) is 35.7 Å². The molecule has 0 aliphatic heterocycles. The van der Waals surface area contributed by atoms with Gasteiger partial charge in [0, 0.05) is 12.1 Å². The summed E-state index contributed by atoms with van der Waals surface area (Å²) < 4.78 is 0. The van der Waals surface area contributed by atoms with Gasteiger partial charge in [0.1, 0.15) is 10.6 Å². The second-order valence-electron chi connectivity index (χ2n) is 4.09. The maximum Gasteiger partial charge on any atom is 0.256 e. The Morgan fingerprint density at radius 3 is 2.84 bits per heavy atom. The van der Waals surface area contributed by atoms with Gasteiger partial charge in [0.2, 0.25) is 0 Å². The summed E-state index contributed by atoms with van der Waals surface area (Å²) in [4.78, 5) is 13.0. The van der Waals surface area contributed by atoms with E-state index in [1.165, 1.54) is 11.3 Å². The van der Waals surface area contributed by atoms with Crippen molar-refractivity contribution in [2.75, 3.05) is 5.32 Å². The van der Waals surface area contributed by atoms with Crippen molar-refractivity contribution in [1.29, 1.82) is 0 Å². The lowest BCUT2D eigenvalue weighted by atomic mass is 10.1. The van der Waals surface area contributed by atoms with E-state index in [1.807, 2.05) is 23.6 Å². The lowest BCUT2D eigenvalue weighted by molar-refractivity contribution is 0.102. The summed E-state index contributed by atoms with van der Waals surface area (Å²) in [7, 11) is 0. The number of nitrogens with zero attached hydrogens (tertiary/aromatic N) is 1. The fraction of sp³-hybridized carbons (Fsp3) is 0.0769. The molecule has 0 radical (unpaired) electrons. The van der Waals surface area contributed by atoms with Gasteiger partial charge in [-0.25, -0.2) is 0 Å². The Labute approximate surface area is 113 Å². The van der Waals surface area contributed by atoms with E-state index in [0.717, 1.165) is 15.8 Å². The SMILES string of the molecule is NCc1ccc(C(=O)Nc2[nH]nc3sccc23)cc1. The number of carbonyl (C=O) groups is 1. The van der Waals surface area contributed by atoms with Crippen LogP contribution in [0.4, 0.5) is 5.82 Å². The highest BCUT2D eigenvalue weighted by Crippen LogP contribution is 2.25. The second-order valence-corrected chi connectivity index (χ2v) is 4.99. The maximum absolute atomic E-state index is 12.1. The average Bonchev–Trinajstić information content (AvgIpc) is 3.04. The van der Waals surface area contributed by atoms with E-state index in [-0.39, 0.29) is 5.91 Å². The predicted octanol–water partition coefficient (Wildman–Crippen LogP) is 2.34. The van der Waals surface area contributed by atoms with Crippen molar-refractivity contribution < 1.29 is 4.79 Å². The van der Waals surface area contributed by atoms with E-state index < -0.39 is 0 Å². The molecule has 3 aromatic rings. The summed E-state index contributed by atoms with van der Waals surface area (Å²) in [5, 5.41) is 12.6. The smallest absolute Gasteiger partial charge is 0.256 e. The molecule has 2 heterocycles. The topological polar surface area (TPSA) is 83.8 Å². The quantitative estimate of drug-likeness (QED) is 0.684. The molecular weight excluding hydrogens is 260 g/mol. The normalized spacial score (nSPS) is 10.8. The van der Waals surface area contributed by atoms with Crippen LogP contribution in [0.5, 0.6) is 0 Å². The Morgan fingerprint density at radius 1 is 1.32 bits per heavy atom. The number of aromatic amines is 1. The highest BCUT2D eigenvalue weighted by Gasteiger charge is 2.11. The van der Waals surface area contributed by atoms with Crippen molar-refractivity contribution >= 4 is 33.3 Å². The third-order valence-electron chi connectivity index (χ3n) is 2.87. The first-order valence-electron chi connectivity index (χ1n) is 5.80. The Balaban J connectivity index is 1.82. The van der Waals surface area contributed by atoms with E-state index in [0.29, 0.717) is 17.9 Å². The molecule has 19 heavy (non-hydrogen) atoms. The molecule has 2 aromatic heterocycles. The molecule has 6 heteroatoms. The summed E-state index contributed by atoms with van der Waals surface area (Å²) in [6.45, 7) is 0.470. The molecule has 0 aliphatic carbocycles. The van der Waals surface area contributed by atoms with E-state index in [4.69, 9.17) is 5.73 Å². The summed E-state index contributed by atoms with van der Waals surface area (Å²) in [5.41, 5.74) is 7.11. The summed E-state index contributed by atoms with van der Waals surface area (Å²) in [6.07, 6.45) is 0. The fourth-order valence-corrected chi connectivity index (χ4v) is 2.55. The molecule has 4 N–H and O–H groups in total. The number of thiophene rings is 1. The Kier molecular flexibility index (Phi) is 3.02. The largest absolute Gasteiger partial charge is 0.326 e.